The van der Waals surface area contributed by atoms with Gasteiger partial charge in [0.15, 0.2) is 11.5 Å². The van der Waals surface area contributed by atoms with E-state index in [9.17, 15) is 0 Å². The third kappa shape index (κ3) is 1.72. The summed E-state index contributed by atoms with van der Waals surface area (Å²) in [6, 6.07) is 8.21. The standard InChI is InChI=1S/C14H17BN4/c1-4-14(2,3)13-16-12-11(17-18-13)9-7-5-6-8-10(9)19(12)15/h5-8H,4,15H2,1-3H3. The van der Waals surface area contributed by atoms with Gasteiger partial charge in [-0.2, -0.15) is 0 Å². The van der Waals surface area contributed by atoms with Crippen LogP contribution in [0.2, 0.25) is 0 Å². The SMILES string of the molecule is Bn1c2ccccc2c2nnc(C(C)(C)CC)nc21. The Balaban J connectivity index is 2.35. The van der Waals surface area contributed by atoms with Gasteiger partial charge in [0.25, 0.3) is 0 Å². The maximum atomic E-state index is 4.74. The Kier molecular flexibility index (Phi) is 2.59. The van der Waals surface area contributed by atoms with Crippen molar-refractivity contribution in [3.8, 4) is 0 Å². The molecule has 0 radical (unpaired) electrons. The molecule has 3 aromatic rings. The normalized spacial score (nSPS) is 12.4. The summed E-state index contributed by atoms with van der Waals surface area (Å²) in [5.74, 6) is 0.813. The minimum Gasteiger partial charge on any atom is -0.376 e. The number of aromatic nitrogens is 4. The van der Waals surface area contributed by atoms with Gasteiger partial charge in [0.05, 0.1) is 0 Å². The number of para-hydroxylation sites is 1. The van der Waals surface area contributed by atoms with E-state index in [4.69, 9.17) is 4.98 Å². The highest BCUT2D eigenvalue weighted by atomic mass is 15.2. The number of rotatable bonds is 2. The maximum absolute atomic E-state index is 4.74. The van der Waals surface area contributed by atoms with E-state index in [1.54, 1.807) is 0 Å². The molecular formula is C14H17BN4. The predicted molar refractivity (Wildman–Crippen MR) is 80.1 cm³/mol. The average molecular weight is 252 g/mol. The number of nitrogens with zero attached hydrogens (tertiary/aromatic N) is 4. The summed E-state index contributed by atoms with van der Waals surface area (Å²) in [6.45, 7) is 6.45. The first-order chi connectivity index (χ1) is 9.04. The highest BCUT2D eigenvalue weighted by Gasteiger charge is 2.23. The Bertz CT molecular complexity index is 761. The van der Waals surface area contributed by atoms with Crippen molar-refractivity contribution in [2.24, 2.45) is 0 Å². The van der Waals surface area contributed by atoms with Crippen molar-refractivity contribution in [3.05, 3.63) is 30.1 Å². The fourth-order valence-electron chi connectivity index (χ4n) is 2.25. The molecule has 0 N–H and O–H groups in total. The van der Waals surface area contributed by atoms with Gasteiger partial charge < -0.3 is 4.48 Å². The Morgan fingerprint density at radius 1 is 1.21 bits per heavy atom. The molecule has 0 saturated heterocycles. The molecule has 0 fully saturated rings. The fraction of sp³-hybridized carbons (Fsp3) is 0.357. The van der Waals surface area contributed by atoms with Crippen molar-refractivity contribution < 1.29 is 0 Å². The second-order valence-electron chi connectivity index (χ2n) is 5.62. The van der Waals surface area contributed by atoms with Gasteiger partial charge in [0.1, 0.15) is 5.52 Å². The van der Waals surface area contributed by atoms with Crippen molar-refractivity contribution in [2.45, 2.75) is 32.6 Å². The molecule has 0 saturated carbocycles. The molecule has 0 unspecified atom stereocenters. The monoisotopic (exact) mass is 252 g/mol. The summed E-state index contributed by atoms with van der Waals surface area (Å²) >= 11 is 0. The molecule has 0 aliphatic heterocycles. The summed E-state index contributed by atoms with van der Waals surface area (Å²) in [4.78, 5) is 4.74. The fourth-order valence-corrected chi connectivity index (χ4v) is 2.25. The van der Waals surface area contributed by atoms with E-state index < -0.39 is 0 Å². The Hall–Kier alpha value is -1.91. The largest absolute Gasteiger partial charge is 0.376 e. The summed E-state index contributed by atoms with van der Waals surface area (Å²) in [5, 5.41) is 9.86. The van der Waals surface area contributed by atoms with Gasteiger partial charge >= 0.3 is 0 Å². The van der Waals surface area contributed by atoms with Crippen LogP contribution in [0, 0.1) is 0 Å². The van der Waals surface area contributed by atoms with E-state index in [-0.39, 0.29) is 5.41 Å². The van der Waals surface area contributed by atoms with Gasteiger partial charge in [-0.1, -0.05) is 39.0 Å². The Morgan fingerprint density at radius 2 is 1.95 bits per heavy atom. The lowest BCUT2D eigenvalue weighted by Gasteiger charge is -2.19. The Morgan fingerprint density at radius 3 is 2.68 bits per heavy atom. The van der Waals surface area contributed by atoms with Crippen molar-refractivity contribution >= 4 is 30.0 Å². The summed E-state index contributed by atoms with van der Waals surface area (Å²) in [6.07, 6.45) is 0.990. The predicted octanol–water partition coefficient (Wildman–Crippen LogP) is 2.06. The molecule has 0 atom stereocenters. The second-order valence-corrected chi connectivity index (χ2v) is 5.62. The van der Waals surface area contributed by atoms with Gasteiger partial charge in [0.2, 0.25) is 7.98 Å². The molecule has 2 heterocycles. The van der Waals surface area contributed by atoms with Gasteiger partial charge in [-0.05, 0) is 12.5 Å². The second kappa shape index (κ2) is 4.05. The topological polar surface area (TPSA) is 43.6 Å². The van der Waals surface area contributed by atoms with Gasteiger partial charge in [0, 0.05) is 16.3 Å². The summed E-state index contributed by atoms with van der Waals surface area (Å²) in [7, 11) is 2.03. The van der Waals surface area contributed by atoms with Crippen LogP contribution >= 0.6 is 0 Å². The van der Waals surface area contributed by atoms with Crippen LogP contribution in [0.1, 0.15) is 33.0 Å². The first-order valence-corrected chi connectivity index (χ1v) is 6.63. The lowest BCUT2D eigenvalue weighted by molar-refractivity contribution is 0.467. The zero-order valence-electron chi connectivity index (χ0n) is 11.8. The van der Waals surface area contributed by atoms with Crippen molar-refractivity contribution in [3.63, 3.8) is 0 Å². The molecule has 0 aliphatic carbocycles. The molecule has 0 spiro atoms. The van der Waals surface area contributed by atoms with Crippen LogP contribution in [-0.4, -0.2) is 27.6 Å². The number of hydrogen-bond acceptors (Lipinski definition) is 3. The molecule has 0 amide bonds. The van der Waals surface area contributed by atoms with Gasteiger partial charge in [-0.3, -0.25) is 0 Å². The van der Waals surface area contributed by atoms with E-state index in [0.717, 1.165) is 34.3 Å². The smallest absolute Gasteiger partial charge is 0.225 e. The molecule has 4 nitrogen and oxygen atoms in total. The van der Waals surface area contributed by atoms with Crippen LogP contribution < -0.4 is 0 Å². The quantitative estimate of drug-likeness (QED) is 0.656. The molecule has 1 aromatic carbocycles. The maximum Gasteiger partial charge on any atom is 0.225 e. The summed E-state index contributed by atoms with van der Waals surface area (Å²) in [5.41, 5.74) is 2.89. The lowest BCUT2D eigenvalue weighted by atomic mass is 9.89. The minimum atomic E-state index is -0.0440. The minimum absolute atomic E-state index is 0.0440. The molecular weight excluding hydrogens is 235 g/mol. The molecule has 96 valence electrons. The highest BCUT2D eigenvalue weighted by Crippen LogP contribution is 2.27. The number of benzene rings is 1. The van der Waals surface area contributed by atoms with Crippen molar-refractivity contribution in [2.75, 3.05) is 0 Å². The van der Waals surface area contributed by atoms with E-state index in [1.807, 2.05) is 20.1 Å². The Labute approximate surface area is 113 Å². The first-order valence-electron chi connectivity index (χ1n) is 6.63. The molecule has 19 heavy (non-hydrogen) atoms. The third-order valence-electron chi connectivity index (χ3n) is 4.00. The molecule has 5 heteroatoms. The lowest BCUT2D eigenvalue weighted by Crippen LogP contribution is -2.20. The van der Waals surface area contributed by atoms with Crippen LogP contribution in [0.25, 0.3) is 22.1 Å². The number of fused-ring (bicyclic) bond motifs is 3. The van der Waals surface area contributed by atoms with Gasteiger partial charge in [-0.25, -0.2) is 4.98 Å². The van der Waals surface area contributed by atoms with Crippen molar-refractivity contribution in [1.29, 1.82) is 0 Å². The van der Waals surface area contributed by atoms with Crippen LogP contribution in [-0.2, 0) is 5.41 Å². The third-order valence-corrected chi connectivity index (χ3v) is 4.00. The van der Waals surface area contributed by atoms with Gasteiger partial charge in [-0.15, -0.1) is 10.2 Å². The highest BCUT2D eigenvalue weighted by molar-refractivity contribution is 6.19. The van der Waals surface area contributed by atoms with Crippen LogP contribution in [0.5, 0.6) is 0 Å². The van der Waals surface area contributed by atoms with Crippen molar-refractivity contribution in [1.82, 2.24) is 19.7 Å². The zero-order valence-corrected chi connectivity index (χ0v) is 11.8. The van der Waals surface area contributed by atoms with E-state index in [2.05, 4.69) is 47.6 Å². The summed E-state index contributed by atoms with van der Waals surface area (Å²) < 4.78 is 2.09. The first kappa shape index (κ1) is 12.1. The molecule has 2 aromatic heterocycles. The van der Waals surface area contributed by atoms with E-state index >= 15 is 0 Å². The average Bonchev–Trinajstić information content (AvgIpc) is 2.73. The van der Waals surface area contributed by atoms with Crippen LogP contribution in [0.15, 0.2) is 24.3 Å². The molecule has 0 aliphatic rings. The van der Waals surface area contributed by atoms with E-state index in [1.165, 1.54) is 0 Å². The molecule has 3 rings (SSSR count). The zero-order chi connectivity index (χ0) is 13.6. The van der Waals surface area contributed by atoms with E-state index in [0.29, 0.717) is 0 Å². The number of hydrogen-bond donors (Lipinski definition) is 0. The molecule has 0 bridgehead atoms. The van der Waals surface area contributed by atoms with Crippen LogP contribution in [0.4, 0.5) is 0 Å². The van der Waals surface area contributed by atoms with Crippen LogP contribution in [0.3, 0.4) is 0 Å².